The Kier molecular flexibility index (Phi) is 3.91. The third-order valence-electron chi connectivity index (χ3n) is 2.37. The summed E-state index contributed by atoms with van der Waals surface area (Å²) in [5.74, 6) is -1.25. The van der Waals surface area contributed by atoms with Crippen LogP contribution in [0.5, 0.6) is 0 Å². The number of carbonyl (C=O) groups is 1. The lowest BCUT2D eigenvalue weighted by molar-refractivity contribution is 0.103. The lowest BCUT2D eigenvalue weighted by Gasteiger charge is -2.07. The Bertz CT molecular complexity index is 605. The van der Waals surface area contributed by atoms with Crippen LogP contribution < -0.4 is 0 Å². The standard InChI is InChI=1S/C13H6Cl3FO/c14-7-4-5-8(10(16)6-7)13(18)12-9(15)2-1-3-11(12)17/h1-6H. The van der Waals surface area contributed by atoms with Crippen molar-refractivity contribution < 1.29 is 9.18 Å². The first kappa shape index (κ1) is 13.3. The molecule has 0 N–H and O–H groups in total. The molecular formula is C13H6Cl3FO. The largest absolute Gasteiger partial charge is 0.288 e. The maximum Gasteiger partial charge on any atom is 0.198 e. The van der Waals surface area contributed by atoms with E-state index in [-0.39, 0.29) is 21.2 Å². The number of hydrogen-bond acceptors (Lipinski definition) is 1. The van der Waals surface area contributed by atoms with E-state index in [1.165, 1.54) is 36.4 Å². The molecule has 18 heavy (non-hydrogen) atoms. The second-order valence-electron chi connectivity index (χ2n) is 3.55. The number of rotatable bonds is 2. The summed E-state index contributed by atoms with van der Waals surface area (Å²) in [6.07, 6.45) is 0. The maximum atomic E-state index is 13.6. The van der Waals surface area contributed by atoms with Gasteiger partial charge >= 0.3 is 0 Å². The van der Waals surface area contributed by atoms with Gasteiger partial charge in [-0.25, -0.2) is 4.39 Å². The second-order valence-corrected chi connectivity index (χ2v) is 4.80. The highest BCUT2D eigenvalue weighted by Crippen LogP contribution is 2.27. The van der Waals surface area contributed by atoms with Gasteiger partial charge in [-0.1, -0.05) is 40.9 Å². The topological polar surface area (TPSA) is 17.1 Å². The Balaban J connectivity index is 2.55. The van der Waals surface area contributed by atoms with Crippen LogP contribution in [0, 0.1) is 5.82 Å². The summed E-state index contributed by atoms with van der Waals surface area (Å²) < 4.78 is 13.6. The molecule has 0 radical (unpaired) electrons. The summed E-state index contributed by atoms with van der Waals surface area (Å²) >= 11 is 17.5. The van der Waals surface area contributed by atoms with Crippen molar-refractivity contribution >= 4 is 40.6 Å². The monoisotopic (exact) mass is 302 g/mol. The minimum absolute atomic E-state index is 0.0472. The van der Waals surface area contributed by atoms with Gasteiger partial charge in [0, 0.05) is 10.6 Å². The van der Waals surface area contributed by atoms with Gasteiger partial charge in [0.2, 0.25) is 0 Å². The van der Waals surface area contributed by atoms with Crippen LogP contribution in [-0.4, -0.2) is 5.78 Å². The first-order chi connectivity index (χ1) is 8.50. The second kappa shape index (κ2) is 5.27. The van der Waals surface area contributed by atoms with Gasteiger partial charge in [0.05, 0.1) is 15.6 Å². The number of hydrogen-bond donors (Lipinski definition) is 0. The van der Waals surface area contributed by atoms with E-state index < -0.39 is 11.6 Å². The highest BCUT2D eigenvalue weighted by Gasteiger charge is 2.19. The van der Waals surface area contributed by atoms with E-state index in [9.17, 15) is 9.18 Å². The molecule has 0 bridgehead atoms. The molecule has 92 valence electrons. The molecule has 0 heterocycles. The van der Waals surface area contributed by atoms with Crippen molar-refractivity contribution in [1.29, 1.82) is 0 Å². The van der Waals surface area contributed by atoms with Crippen LogP contribution in [0.4, 0.5) is 4.39 Å². The van der Waals surface area contributed by atoms with Crippen molar-refractivity contribution in [2.24, 2.45) is 0 Å². The van der Waals surface area contributed by atoms with Crippen molar-refractivity contribution in [1.82, 2.24) is 0 Å². The zero-order chi connectivity index (χ0) is 13.3. The average molecular weight is 304 g/mol. The zero-order valence-corrected chi connectivity index (χ0v) is 11.2. The molecule has 0 fully saturated rings. The molecule has 0 aliphatic heterocycles. The van der Waals surface area contributed by atoms with Crippen molar-refractivity contribution in [3.05, 3.63) is 68.4 Å². The SMILES string of the molecule is O=C(c1ccc(Cl)cc1Cl)c1c(F)cccc1Cl. The Morgan fingerprint density at radius 2 is 1.72 bits per heavy atom. The fraction of sp³-hybridized carbons (Fsp3) is 0. The van der Waals surface area contributed by atoms with Crippen LogP contribution in [0.2, 0.25) is 15.1 Å². The van der Waals surface area contributed by atoms with Crippen LogP contribution >= 0.6 is 34.8 Å². The van der Waals surface area contributed by atoms with Crippen LogP contribution in [0.25, 0.3) is 0 Å². The van der Waals surface area contributed by atoms with Gasteiger partial charge in [-0.2, -0.15) is 0 Å². The smallest absolute Gasteiger partial charge is 0.198 e. The fourth-order valence-electron chi connectivity index (χ4n) is 1.52. The Morgan fingerprint density at radius 1 is 1.00 bits per heavy atom. The average Bonchev–Trinajstić information content (AvgIpc) is 2.28. The van der Waals surface area contributed by atoms with Crippen molar-refractivity contribution in [2.45, 2.75) is 0 Å². The highest BCUT2D eigenvalue weighted by atomic mass is 35.5. The molecule has 2 rings (SSSR count). The zero-order valence-electron chi connectivity index (χ0n) is 8.88. The van der Waals surface area contributed by atoms with E-state index in [1.807, 2.05) is 0 Å². The lowest BCUT2D eigenvalue weighted by atomic mass is 10.0. The third kappa shape index (κ3) is 2.51. The Hall–Kier alpha value is -1.09. The highest BCUT2D eigenvalue weighted by molar-refractivity contribution is 6.39. The molecule has 2 aromatic rings. The molecule has 0 amide bonds. The molecule has 0 aliphatic rings. The van der Waals surface area contributed by atoms with E-state index in [1.54, 1.807) is 0 Å². The van der Waals surface area contributed by atoms with E-state index in [0.29, 0.717) is 5.02 Å². The summed E-state index contributed by atoms with van der Waals surface area (Å²) in [5.41, 5.74) is -0.0311. The Labute approximate surface area is 118 Å². The fourth-order valence-corrected chi connectivity index (χ4v) is 2.27. The third-order valence-corrected chi connectivity index (χ3v) is 3.23. The predicted molar refractivity (Wildman–Crippen MR) is 71.3 cm³/mol. The van der Waals surface area contributed by atoms with Gasteiger partial charge in [0.1, 0.15) is 5.82 Å². The molecule has 2 aromatic carbocycles. The molecule has 0 aromatic heterocycles. The predicted octanol–water partition coefficient (Wildman–Crippen LogP) is 5.02. The minimum Gasteiger partial charge on any atom is -0.288 e. The van der Waals surface area contributed by atoms with Crippen LogP contribution in [-0.2, 0) is 0 Å². The summed E-state index contributed by atoms with van der Waals surface area (Å²) in [5, 5.41) is 0.606. The molecule has 0 spiro atoms. The van der Waals surface area contributed by atoms with E-state index >= 15 is 0 Å². The molecular weight excluding hydrogens is 297 g/mol. The Morgan fingerprint density at radius 3 is 2.33 bits per heavy atom. The quantitative estimate of drug-likeness (QED) is 0.712. The molecule has 0 saturated heterocycles. The van der Waals surface area contributed by atoms with Gasteiger partial charge < -0.3 is 0 Å². The van der Waals surface area contributed by atoms with Crippen molar-refractivity contribution in [3.63, 3.8) is 0 Å². The maximum absolute atomic E-state index is 13.6. The number of ketones is 1. The number of halogens is 4. The molecule has 0 saturated carbocycles. The van der Waals surface area contributed by atoms with Crippen LogP contribution in [0.1, 0.15) is 15.9 Å². The minimum atomic E-state index is -0.682. The van der Waals surface area contributed by atoms with Gasteiger partial charge in [0.25, 0.3) is 0 Å². The van der Waals surface area contributed by atoms with Gasteiger partial charge in [-0.05, 0) is 30.3 Å². The van der Waals surface area contributed by atoms with Gasteiger partial charge in [-0.3, -0.25) is 4.79 Å². The molecule has 5 heteroatoms. The number of carbonyl (C=O) groups excluding carboxylic acids is 1. The first-order valence-corrected chi connectivity index (χ1v) is 6.08. The van der Waals surface area contributed by atoms with E-state index in [2.05, 4.69) is 0 Å². The van der Waals surface area contributed by atoms with Crippen molar-refractivity contribution in [3.8, 4) is 0 Å². The van der Waals surface area contributed by atoms with Crippen LogP contribution in [0.3, 0.4) is 0 Å². The summed E-state index contributed by atoms with van der Waals surface area (Å²) in [7, 11) is 0. The molecule has 0 unspecified atom stereocenters. The molecule has 0 atom stereocenters. The van der Waals surface area contributed by atoms with E-state index in [4.69, 9.17) is 34.8 Å². The van der Waals surface area contributed by atoms with Gasteiger partial charge in [0.15, 0.2) is 5.78 Å². The molecule has 0 aliphatic carbocycles. The summed E-state index contributed by atoms with van der Waals surface area (Å²) in [6.45, 7) is 0. The first-order valence-electron chi connectivity index (χ1n) is 4.94. The van der Waals surface area contributed by atoms with E-state index in [0.717, 1.165) is 0 Å². The summed E-state index contributed by atoms with van der Waals surface area (Å²) in [6, 6.07) is 8.42. The lowest BCUT2D eigenvalue weighted by Crippen LogP contribution is -2.06. The normalized spacial score (nSPS) is 10.4. The van der Waals surface area contributed by atoms with Gasteiger partial charge in [-0.15, -0.1) is 0 Å². The van der Waals surface area contributed by atoms with Crippen LogP contribution in [0.15, 0.2) is 36.4 Å². The summed E-state index contributed by atoms with van der Waals surface area (Å²) in [4.78, 5) is 12.2. The molecule has 1 nitrogen and oxygen atoms in total. The van der Waals surface area contributed by atoms with Crippen molar-refractivity contribution in [2.75, 3.05) is 0 Å². The number of benzene rings is 2.